The predicted octanol–water partition coefficient (Wildman–Crippen LogP) is 1.96. The van der Waals surface area contributed by atoms with Crippen molar-refractivity contribution in [3.63, 3.8) is 0 Å². The van der Waals surface area contributed by atoms with E-state index in [2.05, 4.69) is 4.98 Å². The van der Waals surface area contributed by atoms with Crippen molar-refractivity contribution in [3.8, 4) is 0 Å². The molecule has 0 bridgehead atoms. The number of rotatable bonds is 2. The maximum Gasteiger partial charge on any atom is 0.267 e. The molecule has 1 aromatic rings. The molecule has 1 rings (SSSR count). The predicted molar refractivity (Wildman–Crippen MR) is 39.8 cm³/mol. The molecular formula is C8H8F3NO. The lowest BCUT2D eigenvalue weighted by molar-refractivity contribution is 0.141. The highest BCUT2D eigenvalue weighted by molar-refractivity contribution is 5.28. The first-order chi connectivity index (χ1) is 6.07. The zero-order valence-corrected chi connectivity index (χ0v) is 6.89. The van der Waals surface area contributed by atoms with Gasteiger partial charge in [-0.3, -0.25) is 4.98 Å². The number of nitrogens with zero attached hydrogens (tertiary/aromatic N) is 1. The first-order valence-electron chi connectivity index (χ1n) is 3.60. The summed E-state index contributed by atoms with van der Waals surface area (Å²) in [6.07, 6.45) is -1.87. The molecule has 72 valence electrons. The number of aryl methyl sites for hydroxylation is 1. The van der Waals surface area contributed by atoms with Crippen molar-refractivity contribution in [2.45, 2.75) is 20.0 Å². The molecule has 1 N–H and O–H groups in total. The lowest BCUT2D eigenvalue weighted by Crippen LogP contribution is -2.03. The molecule has 0 aliphatic rings. The molecule has 1 heterocycles. The van der Waals surface area contributed by atoms with Crippen LogP contribution in [0.25, 0.3) is 0 Å². The lowest BCUT2D eigenvalue weighted by atomic mass is 10.1. The van der Waals surface area contributed by atoms with Gasteiger partial charge >= 0.3 is 0 Å². The monoisotopic (exact) mass is 191 g/mol. The molecule has 0 aliphatic heterocycles. The van der Waals surface area contributed by atoms with E-state index in [0.717, 1.165) is 6.20 Å². The van der Waals surface area contributed by atoms with Gasteiger partial charge in [0.2, 0.25) is 0 Å². The van der Waals surface area contributed by atoms with Gasteiger partial charge in [-0.25, -0.2) is 13.2 Å². The first kappa shape index (κ1) is 9.98. The third kappa shape index (κ3) is 1.80. The van der Waals surface area contributed by atoms with E-state index in [1.807, 2.05) is 0 Å². The zero-order chi connectivity index (χ0) is 10.0. The highest BCUT2D eigenvalue weighted by atomic mass is 19.3. The second-order valence-corrected chi connectivity index (χ2v) is 2.56. The molecule has 0 aliphatic carbocycles. The van der Waals surface area contributed by atoms with Crippen molar-refractivity contribution in [3.05, 3.63) is 28.8 Å². The molecule has 0 spiro atoms. The minimum Gasteiger partial charge on any atom is -0.392 e. The van der Waals surface area contributed by atoms with E-state index < -0.39 is 24.4 Å². The summed E-state index contributed by atoms with van der Waals surface area (Å²) in [5.74, 6) is -1.04. The van der Waals surface area contributed by atoms with Crippen LogP contribution in [0.4, 0.5) is 13.2 Å². The minimum atomic E-state index is -2.93. The van der Waals surface area contributed by atoms with E-state index in [1.165, 1.54) is 6.92 Å². The van der Waals surface area contributed by atoms with Crippen molar-refractivity contribution in [1.29, 1.82) is 0 Å². The summed E-state index contributed by atoms with van der Waals surface area (Å²) < 4.78 is 37.6. The topological polar surface area (TPSA) is 33.1 Å². The summed E-state index contributed by atoms with van der Waals surface area (Å²) in [6, 6.07) is 0. The molecule has 0 unspecified atom stereocenters. The molecule has 0 radical (unpaired) electrons. The second-order valence-electron chi connectivity index (χ2n) is 2.56. The number of aliphatic hydroxyl groups excluding tert-OH is 1. The normalized spacial score (nSPS) is 10.9. The van der Waals surface area contributed by atoms with Gasteiger partial charge in [0.05, 0.1) is 17.9 Å². The second kappa shape index (κ2) is 3.74. The molecule has 0 saturated heterocycles. The fraction of sp³-hybridized carbons (Fsp3) is 0.375. The van der Waals surface area contributed by atoms with Gasteiger partial charge in [-0.2, -0.15) is 0 Å². The van der Waals surface area contributed by atoms with Crippen LogP contribution in [0.15, 0.2) is 6.20 Å². The maximum atomic E-state index is 13.0. The summed E-state index contributed by atoms with van der Waals surface area (Å²) in [4.78, 5) is 3.52. The van der Waals surface area contributed by atoms with Crippen LogP contribution in [0.1, 0.15) is 23.2 Å². The van der Waals surface area contributed by atoms with Crippen LogP contribution in [0.3, 0.4) is 0 Å². The lowest BCUT2D eigenvalue weighted by Gasteiger charge is -2.08. The molecular weight excluding hydrogens is 183 g/mol. The zero-order valence-electron chi connectivity index (χ0n) is 6.89. The average molecular weight is 191 g/mol. The summed E-state index contributed by atoms with van der Waals surface area (Å²) in [7, 11) is 0. The third-order valence-corrected chi connectivity index (χ3v) is 1.70. The van der Waals surface area contributed by atoms with E-state index in [4.69, 9.17) is 5.11 Å². The van der Waals surface area contributed by atoms with Crippen LogP contribution in [-0.4, -0.2) is 10.1 Å². The smallest absolute Gasteiger partial charge is 0.267 e. The van der Waals surface area contributed by atoms with E-state index in [1.54, 1.807) is 0 Å². The van der Waals surface area contributed by atoms with E-state index in [-0.39, 0.29) is 11.3 Å². The Morgan fingerprint density at radius 3 is 2.62 bits per heavy atom. The number of aliphatic hydroxyl groups is 1. The number of hydrogen-bond acceptors (Lipinski definition) is 2. The van der Waals surface area contributed by atoms with Crippen molar-refractivity contribution in [1.82, 2.24) is 4.98 Å². The highest BCUT2D eigenvalue weighted by Gasteiger charge is 2.20. The Kier molecular flexibility index (Phi) is 2.87. The maximum absolute atomic E-state index is 13.0. The summed E-state index contributed by atoms with van der Waals surface area (Å²) >= 11 is 0. The molecule has 2 nitrogen and oxygen atoms in total. The SMILES string of the molecule is Cc1ncc(CO)c(C(F)F)c1F. The minimum absolute atomic E-state index is 0.0903. The number of halogens is 3. The van der Waals surface area contributed by atoms with E-state index in [9.17, 15) is 13.2 Å². The number of aromatic nitrogens is 1. The summed E-state index contributed by atoms with van der Waals surface area (Å²) in [5, 5.41) is 8.64. The largest absolute Gasteiger partial charge is 0.392 e. The van der Waals surface area contributed by atoms with Gasteiger partial charge in [-0.05, 0) is 6.92 Å². The Morgan fingerprint density at radius 2 is 2.15 bits per heavy atom. The van der Waals surface area contributed by atoms with Crippen LogP contribution in [-0.2, 0) is 6.61 Å². The molecule has 13 heavy (non-hydrogen) atoms. The number of pyridine rings is 1. The van der Waals surface area contributed by atoms with Crippen molar-refractivity contribution >= 4 is 0 Å². The Balaban J connectivity index is 3.32. The quantitative estimate of drug-likeness (QED) is 0.775. The van der Waals surface area contributed by atoms with Gasteiger partial charge in [0, 0.05) is 11.8 Å². The average Bonchev–Trinajstić information content (AvgIpc) is 2.08. The van der Waals surface area contributed by atoms with Gasteiger partial charge in [-0.1, -0.05) is 0 Å². The van der Waals surface area contributed by atoms with Gasteiger partial charge in [0.15, 0.2) is 5.82 Å². The number of alkyl halides is 2. The highest BCUT2D eigenvalue weighted by Crippen LogP contribution is 2.26. The Morgan fingerprint density at radius 1 is 1.54 bits per heavy atom. The van der Waals surface area contributed by atoms with Crippen molar-refractivity contribution in [2.24, 2.45) is 0 Å². The summed E-state index contributed by atoms with van der Waals surface area (Å²) in [5.41, 5.74) is -1.01. The molecule has 0 saturated carbocycles. The van der Waals surface area contributed by atoms with Gasteiger partial charge in [-0.15, -0.1) is 0 Å². The van der Waals surface area contributed by atoms with Crippen LogP contribution < -0.4 is 0 Å². The Labute approximate surface area is 73.0 Å². The van der Waals surface area contributed by atoms with Crippen LogP contribution in [0.5, 0.6) is 0 Å². The molecule has 0 amide bonds. The van der Waals surface area contributed by atoms with Crippen LogP contribution in [0.2, 0.25) is 0 Å². The molecule has 0 atom stereocenters. The van der Waals surface area contributed by atoms with E-state index in [0.29, 0.717) is 0 Å². The number of hydrogen-bond donors (Lipinski definition) is 1. The van der Waals surface area contributed by atoms with Crippen LogP contribution >= 0.6 is 0 Å². The Bertz CT molecular complexity index is 315. The third-order valence-electron chi connectivity index (χ3n) is 1.70. The van der Waals surface area contributed by atoms with Crippen molar-refractivity contribution in [2.75, 3.05) is 0 Å². The van der Waals surface area contributed by atoms with Gasteiger partial charge < -0.3 is 5.11 Å². The molecule has 1 aromatic heterocycles. The standard InChI is InChI=1S/C8H8F3NO/c1-4-7(9)6(8(10)11)5(3-13)2-12-4/h2,8,13H,3H2,1H3. The molecule has 0 aromatic carbocycles. The fourth-order valence-electron chi connectivity index (χ4n) is 0.999. The van der Waals surface area contributed by atoms with E-state index >= 15 is 0 Å². The first-order valence-corrected chi connectivity index (χ1v) is 3.60. The van der Waals surface area contributed by atoms with Crippen LogP contribution in [0, 0.1) is 12.7 Å². The van der Waals surface area contributed by atoms with Crippen molar-refractivity contribution < 1.29 is 18.3 Å². The van der Waals surface area contributed by atoms with Gasteiger partial charge in [0.1, 0.15) is 0 Å². The molecule has 0 fully saturated rings. The fourth-order valence-corrected chi connectivity index (χ4v) is 0.999. The summed E-state index contributed by atoms with van der Waals surface area (Å²) in [6.45, 7) is 0.659. The Hall–Kier alpha value is -1.10. The molecule has 5 heteroatoms. The van der Waals surface area contributed by atoms with Gasteiger partial charge in [0.25, 0.3) is 6.43 Å².